The van der Waals surface area contributed by atoms with E-state index in [1.807, 2.05) is 35.2 Å². The molecule has 24 heavy (non-hydrogen) atoms. The highest BCUT2D eigenvalue weighted by Gasteiger charge is 2.36. The van der Waals surface area contributed by atoms with E-state index in [-0.39, 0.29) is 12.5 Å². The molecule has 128 valence electrons. The van der Waals surface area contributed by atoms with Gasteiger partial charge >= 0.3 is 0 Å². The van der Waals surface area contributed by atoms with Crippen molar-refractivity contribution in [2.45, 2.75) is 12.8 Å². The molecule has 0 unspecified atom stereocenters. The molecule has 1 amide bonds. The van der Waals surface area contributed by atoms with Crippen LogP contribution in [0.15, 0.2) is 42.5 Å². The van der Waals surface area contributed by atoms with Gasteiger partial charge in [0, 0.05) is 32.7 Å². The topological polar surface area (TPSA) is 32.8 Å². The highest BCUT2D eigenvalue weighted by molar-refractivity contribution is 5.77. The number of carbonyl (C=O) groups is 1. The number of carbonyl (C=O) groups excluding carboxylic acids is 1. The Kier molecular flexibility index (Phi) is 4.56. The zero-order chi connectivity index (χ0) is 16.4. The average molecular weight is 326 g/mol. The molecule has 3 atom stereocenters. The number of benzene rings is 1. The predicted octanol–water partition coefficient (Wildman–Crippen LogP) is 2.42. The van der Waals surface area contributed by atoms with Crippen LogP contribution in [0.5, 0.6) is 5.75 Å². The summed E-state index contributed by atoms with van der Waals surface area (Å²) in [6.07, 6.45) is 7.58. The van der Waals surface area contributed by atoms with Crippen molar-refractivity contribution in [2.75, 3.05) is 39.3 Å². The number of nitrogens with zero attached hydrogens (tertiary/aromatic N) is 2. The van der Waals surface area contributed by atoms with Crippen LogP contribution in [0.3, 0.4) is 0 Å². The third kappa shape index (κ3) is 3.48. The number of hydrogen-bond acceptors (Lipinski definition) is 3. The van der Waals surface area contributed by atoms with Crippen molar-refractivity contribution in [2.24, 2.45) is 17.8 Å². The molecule has 2 aliphatic carbocycles. The fourth-order valence-electron chi connectivity index (χ4n) is 4.37. The molecule has 0 spiro atoms. The van der Waals surface area contributed by atoms with Gasteiger partial charge in [-0.25, -0.2) is 0 Å². The molecule has 0 radical (unpaired) electrons. The number of hydrogen-bond donors (Lipinski definition) is 0. The first-order valence-corrected chi connectivity index (χ1v) is 9.14. The standard InChI is InChI=1S/C20H26N2O2/c23-20(15-24-19-4-2-1-3-5-19)22-10-8-21(9-11-22)14-18-13-16-6-7-17(18)12-16/h1-7,16-18H,8-15H2/t16-,17-,18-/m0/s1. The lowest BCUT2D eigenvalue weighted by Crippen LogP contribution is -2.51. The van der Waals surface area contributed by atoms with Gasteiger partial charge in [0.15, 0.2) is 6.61 Å². The minimum atomic E-state index is 0.0985. The smallest absolute Gasteiger partial charge is 0.260 e. The van der Waals surface area contributed by atoms with Crippen LogP contribution in [0.2, 0.25) is 0 Å². The summed E-state index contributed by atoms with van der Waals surface area (Å²) in [5.41, 5.74) is 0. The third-order valence-electron chi connectivity index (χ3n) is 5.74. The summed E-state index contributed by atoms with van der Waals surface area (Å²) in [7, 11) is 0. The summed E-state index contributed by atoms with van der Waals surface area (Å²) in [6, 6.07) is 9.55. The molecule has 4 heteroatoms. The Bertz CT molecular complexity index is 593. The number of allylic oxidation sites excluding steroid dienone is 2. The monoisotopic (exact) mass is 326 g/mol. The molecular weight excluding hydrogens is 300 g/mol. The lowest BCUT2D eigenvalue weighted by molar-refractivity contribution is -0.135. The summed E-state index contributed by atoms with van der Waals surface area (Å²) in [5, 5.41) is 0. The van der Waals surface area contributed by atoms with Gasteiger partial charge in [0.05, 0.1) is 0 Å². The second-order valence-corrected chi connectivity index (χ2v) is 7.32. The van der Waals surface area contributed by atoms with Crippen LogP contribution in [0.1, 0.15) is 12.8 Å². The van der Waals surface area contributed by atoms with Gasteiger partial charge in [-0.1, -0.05) is 30.4 Å². The average Bonchev–Trinajstić information content (AvgIpc) is 3.24. The van der Waals surface area contributed by atoms with Crippen molar-refractivity contribution in [3.05, 3.63) is 42.5 Å². The number of piperazine rings is 1. The first kappa shape index (κ1) is 15.7. The Morgan fingerprint density at radius 2 is 1.83 bits per heavy atom. The van der Waals surface area contributed by atoms with Gasteiger partial charge in [-0.3, -0.25) is 9.69 Å². The Morgan fingerprint density at radius 1 is 1.04 bits per heavy atom. The van der Waals surface area contributed by atoms with Crippen LogP contribution >= 0.6 is 0 Å². The number of ether oxygens (including phenoxy) is 1. The van der Waals surface area contributed by atoms with Gasteiger partial charge in [-0.15, -0.1) is 0 Å². The van der Waals surface area contributed by atoms with E-state index in [0.29, 0.717) is 0 Å². The van der Waals surface area contributed by atoms with Gasteiger partial charge < -0.3 is 9.64 Å². The van der Waals surface area contributed by atoms with Gasteiger partial charge in [-0.05, 0) is 42.7 Å². The predicted molar refractivity (Wildman–Crippen MR) is 93.8 cm³/mol. The van der Waals surface area contributed by atoms with Gasteiger partial charge in [0.1, 0.15) is 5.75 Å². The van der Waals surface area contributed by atoms with Crippen LogP contribution in [0, 0.1) is 17.8 Å². The number of amides is 1. The SMILES string of the molecule is O=C(COc1ccccc1)N1CCN(C[C@@H]2C[C@H]3C=C[C@H]2C3)CC1. The van der Waals surface area contributed by atoms with Crippen molar-refractivity contribution < 1.29 is 9.53 Å². The van der Waals surface area contributed by atoms with Gasteiger partial charge in [0.25, 0.3) is 5.91 Å². The lowest BCUT2D eigenvalue weighted by atomic mass is 9.93. The minimum absolute atomic E-state index is 0.0985. The van der Waals surface area contributed by atoms with Crippen LogP contribution in [-0.2, 0) is 4.79 Å². The van der Waals surface area contributed by atoms with E-state index in [1.54, 1.807) is 0 Å². The molecule has 0 aromatic heterocycles. The summed E-state index contributed by atoms with van der Waals surface area (Å²) in [6.45, 7) is 4.99. The Morgan fingerprint density at radius 3 is 2.50 bits per heavy atom. The maximum Gasteiger partial charge on any atom is 0.260 e. The minimum Gasteiger partial charge on any atom is -0.484 e. The number of fused-ring (bicyclic) bond motifs is 2. The molecule has 1 saturated heterocycles. The first-order chi connectivity index (χ1) is 11.8. The quantitative estimate of drug-likeness (QED) is 0.779. The van der Waals surface area contributed by atoms with E-state index >= 15 is 0 Å². The number of para-hydroxylation sites is 1. The second kappa shape index (κ2) is 6.98. The van der Waals surface area contributed by atoms with Crippen LogP contribution in [-0.4, -0.2) is 55.0 Å². The van der Waals surface area contributed by atoms with Crippen LogP contribution in [0.4, 0.5) is 0 Å². The molecule has 1 aliphatic heterocycles. The molecule has 4 nitrogen and oxygen atoms in total. The molecule has 1 heterocycles. The number of rotatable bonds is 5. The summed E-state index contributed by atoms with van der Waals surface area (Å²) < 4.78 is 5.58. The van der Waals surface area contributed by atoms with Crippen molar-refractivity contribution in [1.29, 1.82) is 0 Å². The molecular formula is C20H26N2O2. The Labute approximate surface area is 144 Å². The third-order valence-corrected chi connectivity index (χ3v) is 5.74. The molecule has 1 aromatic carbocycles. The molecule has 3 aliphatic rings. The van der Waals surface area contributed by atoms with Gasteiger partial charge in [-0.2, -0.15) is 0 Å². The van der Waals surface area contributed by atoms with E-state index in [0.717, 1.165) is 49.7 Å². The molecule has 2 fully saturated rings. The largest absolute Gasteiger partial charge is 0.484 e. The van der Waals surface area contributed by atoms with E-state index in [4.69, 9.17) is 4.74 Å². The van der Waals surface area contributed by atoms with Crippen LogP contribution in [0.25, 0.3) is 0 Å². The Balaban J connectivity index is 1.20. The van der Waals surface area contributed by atoms with Crippen LogP contribution < -0.4 is 4.74 Å². The zero-order valence-electron chi connectivity index (χ0n) is 14.1. The molecule has 2 bridgehead atoms. The van der Waals surface area contributed by atoms with E-state index in [1.165, 1.54) is 19.4 Å². The summed E-state index contributed by atoms with van der Waals surface area (Å²) in [5.74, 6) is 3.35. The second-order valence-electron chi connectivity index (χ2n) is 7.32. The summed E-state index contributed by atoms with van der Waals surface area (Å²) in [4.78, 5) is 16.8. The van der Waals surface area contributed by atoms with Crippen molar-refractivity contribution in [3.63, 3.8) is 0 Å². The first-order valence-electron chi connectivity index (χ1n) is 9.14. The van der Waals surface area contributed by atoms with E-state index in [2.05, 4.69) is 17.1 Å². The Hall–Kier alpha value is -1.81. The fourth-order valence-corrected chi connectivity index (χ4v) is 4.37. The molecule has 1 saturated carbocycles. The fraction of sp³-hybridized carbons (Fsp3) is 0.550. The van der Waals surface area contributed by atoms with Crippen molar-refractivity contribution in [1.82, 2.24) is 9.80 Å². The van der Waals surface area contributed by atoms with E-state index < -0.39 is 0 Å². The van der Waals surface area contributed by atoms with Crippen molar-refractivity contribution in [3.8, 4) is 5.75 Å². The maximum atomic E-state index is 12.3. The van der Waals surface area contributed by atoms with Crippen molar-refractivity contribution >= 4 is 5.91 Å². The molecule has 0 N–H and O–H groups in total. The highest BCUT2D eigenvalue weighted by Crippen LogP contribution is 2.43. The van der Waals surface area contributed by atoms with Gasteiger partial charge in [0.2, 0.25) is 0 Å². The van der Waals surface area contributed by atoms with E-state index in [9.17, 15) is 4.79 Å². The lowest BCUT2D eigenvalue weighted by Gasteiger charge is -2.36. The zero-order valence-corrected chi connectivity index (χ0v) is 14.1. The summed E-state index contributed by atoms with van der Waals surface area (Å²) >= 11 is 0. The molecule has 1 aromatic rings. The molecule has 4 rings (SSSR count). The highest BCUT2D eigenvalue weighted by atomic mass is 16.5. The maximum absolute atomic E-state index is 12.3. The normalized spacial score (nSPS) is 29.2.